The maximum absolute atomic E-state index is 12.8. The molecule has 1 saturated heterocycles. The standard InChI is InChI=1S/C16H15F3N2O2/c17-16(18,19)11-3-1-2-10(8-11)9-4-6-21(7-5-9)13-12(20)14(22)15(13)23/h1-3,8-9H,4-7,20H2. The summed E-state index contributed by atoms with van der Waals surface area (Å²) < 4.78 is 38.3. The fourth-order valence-corrected chi connectivity index (χ4v) is 3.12. The lowest BCUT2D eigenvalue weighted by Gasteiger charge is -2.34. The summed E-state index contributed by atoms with van der Waals surface area (Å²) in [6.07, 6.45) is -3.13. The number of hydrogen-bond donors (Lipinski definition) is 1. The van der Waals surface area contributed by atoms with Crippen molar-refractivity contribution >= 4 is 11.4 Å². The van der Waals surface area contributed by atoms with Gasteiger partial charge in [-0.3, -0.25) is 9.59 Å². The number of piperidine rings is 1. The molecular formula is C16H15F3N2O2. The fourth-order valence-electron chi connectivity index (χ4n) is 3.12. The molecule has 3 rings (SSSR count). The van der Waals surface area contributed by atoms with Gasteiger partial charge in [-0.15, -0.1) is 0 Å². The van der Waals surface area contributed by atoms with E-state index < -0.39 is 22.6 Å². The van der Waals surface area contributed by atoms with Crippen LogP contribution in [-0.4, -0.2) is 13.1 Å². The molecule has 0 aromatic heterocycles. The van der Waals surface area contributed by atoms with Crippen LogP contribution in [0, 0.1) is 0 Å². The van der Waals surface area contributed by atoms with Crippen LogP contribution >= 0.6 is 0 Å². The van der Waals surface area contributed by atoms with Crippen LogP contribution in [0.2, 0.25) is 0 Å². The number of nitrogens with zero attached hydrogens (tertiary/aromatic N) is 1. The van der Waals surface area contributed by atoms with Gasteiger partial charge in [0.15, 0.2) is 0 Å². The number of halogens is 3. The molecule has 0 bridgehead atoms. The first-order chi connectivity index (χ1) is 10.8. The third-order valence-corrected chi connectivity index (χ3v) is 4.42. The third kappa shape index (κ3) is 2.71. The average molecular weight is 324 g/mol. The molecule has 23 heavy (non-hydrogen) atoms. The number of alkyl halides is 3. The van der Waals surface area contributed by atoms with Crippen molar-refractivity contribution in [3.8, 4) is 0 Å². The predicted molar refractivity (Wildman–Crippen MR) is 81.4 cm³/mol. The number of benzene rings is 1. The highest BCUT2D eigenvalue weighted by atomic mass is 19.4. The van der Waals surface area contributed by atoms with Crippen molar-refractivity contribution in [2.24, 2.45) is 0 Å². The number of hydrogen-bond acceptors (Lipinski definition) is 4. The summed E-state index contributed by atoms with van der Waals surface area (Å²) >= 11 is 0. The second kappa shape index (κ2) is 5.40. The third-order valence-electron chi connectivity index (χ3n) is 4.42. The van der Waals surface area contributed by atoms with Gasteiger partial charge < -0.3 is 10.6 Å². The van der Waals surface area contributed by atoms with Crippen molar-refractivity contribution in [3.63, 3.8) is 0 Å². The van der Waals surface area contributed by atoms with E-state index >= 15 is 0 Å². The topological polar surface area (TPSA) is 63.4 Å². The zero-order valence-electron chi connectivity index (χ0n) is 12.2. The van der Waals surface area contributed by atoms with Crippen molar-refractivity contribution in [2.75, 3.05) is 23.7 Å². The summed E-state index contributed by atoms with van der Waals surface area (Å²) in [7, 11) is 0. The Morgan fingerprint density at radius 2 is 1.74 bits per heavy atom. The number of anilines is 2. The van der Waals surface area contributed by atoms with E-state index in [4.69, 9.17) is 5.73 Å². The molecule has 2 aromatic rings. The Hall–Kier alpha value is -2.31. The highest BCUT2D eigenvalue weighted by Crippen LogP contribution is 2.35. The summed E-state index contributed by atoms with van der Waals surface area (Å²) in [5.41, 5.74) is 4.58. The largest absolute Gasteiger partial charge is 0.416 e. The maximum atomic E-state index is 12.8. The lowest BCUT2D eigenvalue weighted by molar-refractivity contribution is -0.137. The normalized spacial score (nSPS) is 16.9. The van der Waals surface area contributed by atoms with Gasteiger partial charge in [0.05, 0.1) is 5.56 Å². The van der Waals surface area contributed by atoms with E-state index in [-0.39, 0.29) is 17.3 Å². The van der Waals surface area contributed by atoms with Crippen molar-refractivity contribution in [3.05, 3.63) is 55.8 Å². The minimum absolute atomic E-state index is 0.00116. The average Bonchev–Trinajstić information content (AvgIpc) is 2.54. The van der Waals surface area contributed by atoms with Crippen molar-refractivity contribution in [1.29, 1.82) is 0 Å². The molecule has 122 valence electrons. The van der Waals surface area contributed by atoms with Crippen LogP contribution in [-0.2, 0) is 6.18 Å². The van der Waals surface area contributed by atoms with Crippen LogP contribution in [0.25, 0.3) is 0 Å². The van der Waals surface area contributed by atoms with Crippen LogP contribution in [0.3, 0.4) is 0 Å². The summed E-state index contributed by atoms with van der Waals surface area (Å²) in [5, 5.41) is 0. The highest BCUT2D eigenvalue weighted by Gasteiger charge is 2.32. The van der Waals surface area contributed by atoms with Gasteiger partial charge in [-0.2, -0.15) is 13.2 Å². The van der Waals surface area contributed by atoms with Crippen LogP contribution in [0.5, 0.6) is 0 Å². The Morgan fingerprint density at radius 1 is 1.09 bits per heavy atom. The molecular weight excluding hydrogens is 309 g/mol. The van der Waals surface area contributed by atoms with Crippen LogP contribution < -0.4 is 21.5 Å². The van der Waals surface area contributed by atoms with Crippen molar-refractivity contribution < 1.29 is 13.2 Å². The summed E-state index contributed by atoms with van der Waals surface area (Å²) in [6.45, 7) is 0.992. The maximum Gasteiger partial charge on any atom is 0.416 e. The molecule has 0 amide bonds. The molecule has 0 radical (unpaired) electrons. The number of nitrogens with two attached hydrogens (primary N) is 1. The Kier molecular flexibility index (Phi) is 3.66. The smallest absolute Gasteiger partial charge is 0.394 e. The SMILES string of the molecule is Nc1c(N2CCC(c3cccc(C(F)(F)F)c3)CC2)c(=O)c1=O. The Morgan fingerprint density at radius 3 is 2.30 bits per heavy atom. The molecule has 2 N–H and O–H groups in total. The lowest BCUT2D eigenvalue weighted by atomic mass is 9.88. The second-order valence-corrected chi connectivity index (χ2v) is 5.81. The van der Waals surface area contributed by atoms with Gasteiger partial charge in [-0.05, 0) is 30.4 Å². The van der Waals surface area contributed by atoms with Crippen LogP contribution in [0.15, 0.2) is 33.9 Å². The minimum Gasteiger partial charge on any atom is -0.394 e. The van der Waals surface area contributed by atoms with Gasteiger partial charge in [0.1, 0.15) is 11.4 Å². The molecule has 0 saturated carbocycles. The molecule has 2 aromatic carbocycles. The van der Waals surface area contributed by atoms with Gasteiger partial charge in [0, 0.05) is 13.1 Å². The van der Waals surface area contributed by atoms with E-state index in [1.54, 1.807) is 11.0 Å². The number of nitrogen functional groups attached to an aromatic ring is 1. The Labute approximate surface area is 130 Å². The molecule has 4 nitrogen and oxygen atoms in total. The van der Waals surface area contributed by atoms with E-state index in [9.17, 15) is 22.8 Å². The molecule has 0 unspecified atom stereocenters. The first-order valence-corrected chi connectivity index (χ1v) is 7.30. The molecule has 7 heteroatoms. The zero-order chi connectivity index (χ0) is 16.8. The van der Waals surface area contributed by atoms with Gasteiger partial charge in [0.25, 0.3) is 10.9 Å². The zero-order valence-corrected chi connectivity index (χ0v) is 12.2. The molecule has 1 heterocycles. The minimum atomic E-state index is -4.35. The highest BCUT2D eigenvalue weighted by molar-refractivity contribution is 5.72. The molecule has 1 fully saturated rings. The summed E-state index contributed by atoms with van der Waals surface area (Å²) in [4.78, 5) is 24.4. The Balaban J connectivity index is 1.73. The van der Waals surface area contributed by atoms with E-state index in [0.717, 1.165) is 6.07 Å². The van der Waals surface area contributed by atoms with Gasteiger partial charge in [-0.1, -0.05) is 18.2 Å². The van der Waals surface area contributed by atoms with E-state index in [1.165, 1.54) is 12.1 Å². The van der Waals surface area contributed by atoms with Crippen molar-refractivity contribution in [1.82, 2.24) is 0 Å². The fraction of sp³-hybridized carbons (Fsp3) is 0.375. The molecule has 1 aliphatic rings. The molecule has 0 aliphatic carbocycles. The summed E-state index contributed by atoms with van der Waals surface area (Å²) in [5.74, 6) is 0.00116. The van der Waals surface area contributed by atoms with E-state index in [1.807, 2.05) is 0 Å². The summed E-state index contributed by atoms with van der Waals surface area (Å²) in [6, 6.07) is 5.36. The Bertz CT molecular complexity index is 798. The monoisotopic (exact) mass is 324 g/mol. The van der Waals surface area contributed by atoms with Crippen molar-refractivity contribution in [2.45, 2.75) is 24.9 Å². The first-order valence-electron chi connectivity index (χ1n) is 7.30. The predicted octanol–water partition coefficient (Wildman–Crippen LogP) is 2.27. The van der Waals surface area contributed by atoms with Gasteiger partial charge in [-0.25, -0.2) is 0 Å². The number of rotatable bonds is 2. The van der Waals surface area contributed by atoms with E-state index in [0.29, 0.717) is 31.5 Å². The van der Waals surface area contributed by atoms with Gasteiger partial charge in [0.2, 0.25) is 0 Å². The molecule has 0 spiro atoms. The second-order valence-electron chi connectivity index (χ2n) is 5.81. The quantitative estimate of drug-likeness (QED) is 0.861. The molecule has 0 atom stereocenters. The first kappa shape index (κ1) is 15.6. The van der Waals surface area contributed by atoms with Gasteiger partial charge >= 0.3 is 6.18 Å². The van der Waals surface area contributed by atoms with E-state index in [2.05, 4.69) is 0 Å². The van der Waals surface area contributed by atoms with Crippen LogP contribution in [0.4, 0.5) is 24.5 Å². The lowest BCUT2D eigenvalue weighted by Crippen LogP contribution is -2.45. The molecule has 1 aliphatic heterocycles. The van der Waals surface area contributed by atoms with Crippen LogP contribution in [0.1, 0.15) is 29.9 Å².